The molecule has 12 N–H and O–H groups in total. The summed E-state index contributed by atoms with van der Waals surface area (Å²) in [5.41, 5.74) is 7.77. The first-order valence-corrected chi connectivity index (χ1v) is 23.7. The van der Waals surface area contributed by atoms with E-state index in [2.05, 4.69) is 57.8 Å². The Hall–Kier alpha value is -6.47. The summed E-state index contributed by atoms with van der Waals surface area (Å²) in [7, 11) is 0. The van der Waals surface area contributed by atoms with Crippen molar-refractivity contribution in [3.8, 4) is 0 Å². The van der Waals surface area contributed by atoms with Crippen molar-refractivity contribution < 1.29 is 38.4 Å². The standard InChI is InChI=1S/C48H76N12O8/c1-27(2)17-35(42(49)62)56-45(65)37(19-29(5)6)59-48(68)40(22-34-24-51-26-53-34)60-47(67)38(20-30(7)8)58-46(66)36(18-28(3)4)57-43(63)31(9)54-44(64)39(21-33-23-50-25-52-33)55-41(61)16-15-32-13-11-10-12-14-32/h10-14,23-25,27-31,35-40,51,53H,15-22,26H2,1-9H3,(H2,49,62)(H,50,52)(H,54,64)(H,55,61)(H,56,65)(H,57,63)(H,58,66)(H,59,68)(H,60,67)/t31-,35-,36-,37-,38-,39-,40-/m0/s1. The minimum atomic E-state index is -1.21. The third-order valence-corrected chi connectivity index (χ3v) is 11.0. The lowest BCUT2D eigenvalue weighted by molar-refractivity contribution is -0.136. The normalized spacial score (nSPS) is 15.3. The minimum Gasteiger partial charge on any atom is -0.372 e. The van der Waals surface area contributed by atoms with Crippen molar-refractivity contribution in [3.05, 3.63) is 66.0 Å². The van der Waals surface area contributed by atoms with E-state index < -0.39 is 83.6 Å². The second-order valence-electron chi connectivity index (χ2n) is 19.3. The van der Waals surface area contributed by atoms with Crippen molar-refractivity contribution in [1.82, 2.24) is 57.8 Å². The molecule has 7 atom stereocenters. The highest BCUT2D eigenvalue weighted by Crippen LogP contribution is 2.14. The zero-order valence-electron chi connectivity index (χ0n) is 41.1. The number of benzene rings is 1. The highest BCUT2D eigenvalue weighted by atomic mass is 16.2. The Morgan fingerprint density at radius 3 is 1.50 bits per heavy atom. The quantitative estimate of drug-likeness (QED) is 0.0548. The van der Waals surface area contributed by atoms with Gasteiger partial charge < -0.3 is 58.6 Å². The van der Waals surface area contributed by atoms with Crippen molar-refractivity contribution in [2.24, 2.45) is 29.4 Å². The van der Waals surface area contributed by atoms with Crippen LogP contribution in [0.4, 0.5) is 0 Å². The largest absolute Gasteiger partial charge is 0.372 e. The van der Waals surface area contributed by atoms with Gasteiger partial charge in [-0.1, -0.05) is 85.7 Å². The first-order chi connectivity index (χ1) is 32.1. The molecule has 0 saturated heterocycles. The van der Waals surface area contributed by atoms with Crippen LogP contribution in [0.5, 0.6) is 0 Å². The van der Waals surface area contributed by atoms with Crippen molar-refractivity contribution in [2.45, 2.75) is 156 Å². The van der Waals surface area contributed by atoms with Crippen LogP contribution in [0, 0.1) is 23.7 Å². The van der Waals surface area contributed by atoms with E-state index in [4.69, 9.17) is 5.73 Å². The number of aromatic amines is 1. The number of amides is 8. The predicted molar refractivity (Wildman–Crippen MR) is 257 cm³/mol. The van der Waals surface area contributed by atoms with Crippen LogP contribution in [0.25, 0.3) is 0 Å². The van der Waals surface area contributed by atoms with Crippen LogP contribution in [-0.2, 0) is 51.2 Å². The molecule has 0 aliphatic carbocycles. The predicted octanol–water partition coefficient (Wildman–Crippen LogP) is 1.05. The van der Waals surface area contributed by atoms with Gasteiger partial charge in [0.15, 0.2) is 0 Å². The van der Waals surface area contributed by atoms with Crippen LogP contribution >= 0.6 is 0 Å². The smallest absolute Gasteiger partial charge is 0.243 e. The maximum Gasteiger partial charge on any atom is 0.243 e. The number of primary amides is 1. The van der Waals surface area contributed by atoms with E-state index in [9.17, 15) is 38.4 Å². The number of nitrogens with two attached hydrogens (primary N) is 1. The number of carbonyl (C=O) groups is 8. The van der Waals surface area contributed by atoms with E-state index in [0.717, 1.165) is 5.56 Å². The monoisotopic (exact) mass is 949 g/mol. The van der Waals surface area contributed by atoms with Gasteiger partial charge in [-0.15, -0.1) is 0 Å². The molecule has 20 nitrogen and oxygen atoms in total. The second kappa shape index (κ2) is 28.0. The molecule has 1 aromatic heterocycles. The first kappa shape index (κ1) is 55.9. The number of aryl methyl sites for hydroxylation is 1. The van der Waals surface area contributed by atoms with Gasteiger partial charge in [0.25, 0.3) is 0 Å². The average Bonchev–Trinajstić information content (AvgIpc) is 3.99. The Kier molecular flexibility index (Phi) is 23.0. The molecule has 0 saturated carbocycles. The Labute approximate surface area is 400 Å². The zero-order chi connectivity index (χ0) is 50.5. The number of carbonyl (C=O) groups excluding carboxylic acids is 8. The molecule has 0 radical (unpaired) electrons. The van der Waals surface area contributed by atoms with Gasteiger partial charge in [-0.3, -0.25) is 38.4 Å². The summed E-state index contributed by atoms with van der Waals surface area (Å²) in [5, 5.41) is 25.4. The van der Waals surface area contributed by atoms with Gasteiger partial charge in [0.2, 0.25) is 47.3 Å². The average molecular weight is 949 g/mol. The molecule has 1 aliphatic heterocycles. The summed E-state index contributed by atoms with van der Waals surface area (Å²) in [5.74, 6) is -5.11. The molecule has 20 heteroatoms. The number of hydrogen-bond acceptors (Lipinski definition) is 11. The number of aromatic nitrogens is 2. The molecule has 0 bridgehead atoms. The highest BCUT2D eigenvalue weighted by Gasteiger charge is 2.35. The Morgan fingerprint density at radius 2 is 1.03 bits per heavy atom. The summed E-state index contributed by atoms with van der Waals surface area (Å²) in [6.07, 6.45) is 6.22. The molecular formula is C48H76N12O8. The molecule has 0 unspecified atom stereocenters. The Morgan fingerprint density at radius 1 is 0.574 bits per heavy atom. The Bertz CT molecular complexity index is 2010. The Balaban J connectivity index is 1.77. The maximum absolute atomic E-state index is 14.2. The number of imidazole rings is 1. The summed E-state index contributed by atoms with van der Waals surface area (Å²) in [6, 6.07) is 1.76. The second-order valence-corrected chi connectivity index (χ2v) is 19.3. The van der Waals surface area contributed by atoms with Gasteiger partial charge in [-0.2, -0.15) is 0 Å². The van der Waals surface area contributed by atoms with E-state index in [1.165, 1.54) is 19.4 Å². The van der Waals surface area contributed by atoms with E-state index in [1.54, 1.807) is 6.20 Å². The summed E-state index contributed by atoms with van der Waals surface area (Å²) >= 11 is 0. The maximum atomic E-state index is 14.2. The topological polar surface area (TPSA) is 300 Å². The summed E-state index contributed by atoms with van der Waals surface area (Å²) in [6.45, 7) is 16.9. The van der Waals surface area contributed by atoms with Gasteiger partial charge in [0, 0.05) is 43.1 Å². The van der Waals surface area contributed by atoms with Gasteiger partial charge in [0.1, 0.15) is 42.3 Å². The fraction of sp³-hybridized carbons (Fsp3) is 0.604. The first-order valence-electron chi connectivity index (χ1n) is 23.7. The molecular weight excluding hydrogens is 873 g/mol. The summed E-state index contributed by atoms with van der Waals surface area (Å²) in [4.78, 5) is 116. The zero-order valence-corrected chi connectivity index (χ0v) is 41.1. The lowest BCUT2D eigenvalue weighted by atomic mass is 9.98. The number of H-pyrrole nitrogens is 1. The number of rotatable bonds is 29. The number of nitrogens with zero attached hydrogens (tertiary/aromatic N) is 1. The van der Waals surface area contributed by atoms with E-state index in [-0.39, 0.29) is 68.1 Å². The van der Waals surface area contributed by atoms with E-state index in [1.807, 2.05) is 85.7 Å². The van der Waals surface area contributed by atoms with Crippen molar-refractivity contribution in [1.29, 1.82) is 0 Å². The fourth-order valence-electron chi connectivity index (χ4n) is 7.54. The lowest BCUT2D eigenvalue weighted by Crippen LogP contribution is -2.60. The van der Waals surface area contributed by atoms with Crippen LogP contribution in [0.15, 0.2) is 54.8 Å². The molecule has 1 aliphatic rings. The highest BCUT2D eigenvalue weighted by molar-refractivity contribution is 5.97. The SMILES string of the molecule is CC(C)C[C@H](NC(=O)[C@H](CC(C)C)NC(=O)[C@H](CC1=CNCN1)NC(=O)[C@H](CC(C)C)NC(=O)[C@H](CC(C)C)NC(=O)[C@H](C)NC(=O)[C@H](Cc1cnc[nH]1)NC(=O)CCc1ccccc1)C(N)=O. The molecule has 0 spiro atoms. The lowest BCUT2D eigenvalue weighted by Gasteiger charge is -2.29. The molecule has 3 rings (SSSR count). The van der Waals surface area contributed by atoms with Crippen LogP contribution in [0.1, 0.15) is 112 Å². The molecule has 1 aromatic carbocycles. The fourth-order valence-corrected chi connectivity index (χ4v) is 7.54. The molecule has 68 heavy (non-hydrogen) atoms. The molecule has 376 valence electrons. The number of hydrogen-bond donors (Lipinski definition) is 11. The van der Waals surface area contributed by atoms with E-state index in [0.29, 0.717) is 30.9 Å². The van der Waals surface area contributed by atoms with Gasteiger partial charge in [-0.25, -0.2) is 4.98 Å². The minimum absolute atomic E-state index is 0.00987. The molecule has 8 amide bonds. The van der Waals surface area contributed by atoms with Crippen molar-refractivity contribution in [2.75, 3.05) is 6.67 Å². The molecule has 2 heterocycles. The van der Waals surface area contributed by atoms with Crippen molar-refractivity contribution in [3.63, 3.8) is 0 Å². The van der Waals surface area contributed by atoms with Crippen LogP contribution in [0.3, 0.4) is 0 Å². The van der Waals surface area contributed by atoms with Crippen LogP contribution < -0.4 is 53.6 Å². The molecule has 0 fully saturated rings. The third kappa shape index (κ3) is 20.2. The van der Waals surface area contributed by atoms with Gasteiger partial charge in [0.05, 0.1) is 13.0 Å². The van der Waals surface area contributed by atoms with Crippen LogP contribution in [0.2, 0.25) is 0 Å². The summed E-state index contributed by atoms with van der Waals surface area (Å²) < 4.78 is 0. The van der Waals surface area contributed by atoms with Crippen LogP contribution in [-0.4, -0.2) is 106 Å². The van der Waals surface area contributed by atoms with Crippen molar-refractivity contribution >= 4 is 47.3 Å². The molecule has 2 aromatic rings. The van der Waals surface area contributed by atoms with Gasteiger partial charge in [-0.05, 0) is 68.3 Å². The van der Waals surface area contributed by atoms with Gasteiger partial charge >= 0.3 is 0 Å². The van der Waals surface area contributed by atoms with E-state index >= 15 is 0 Å². The third-order valence-electron chi connectivity index (χ3n) is 11.0. The number of nitrogens with one attached hydrogen (secondary N) is 10.